The summed E-state index contributed by atoms with van der Waals surface area (Å²) in [5.74, 6) is 0.0410. The van der Waals surface area contributed by atoms with Crippen LogP contribution in [0.3, 0.4) is 0 Å². The molecule has 1 aliphatic rings. The lowest BCUT2D eigenvalue weighted by Gasteiger charge is -2.28. The molecule has 1 aromatic carbocycles. The summed E-state index contributed by atoms with van der Waals surface area (Å²) in [6.45, 7) is 4.64. The van der Waals surface area contributed by atoms with E-state index in [1.54, 1.807) is 31.0 Å². The molecule has 2 N–H and O–H groups in total. The van der Waals surface area contributed by atoms with Crippen molar-refractivity contribution in [1.29, 1.82) is 0 Å². The van der Waals surface area contributed by atoms with Gasteiger partial charge >= 0.3 is 0 Å². The number of phenolic OH excluding ortho intramolecular Hbond substituents is 1. The summed E-state index contributed by atoms with van der Waals surface area (Å²) in [6, 6.07) is 4.98. The first-order valence-electron chi connectivity index (χ1n) is 6.45. The van der Waals surface area contributed by atoms with Gasteiger partial charge in [0.1, 0.15) is 5.75 Å². The van der Waals surface area contributed by atoms with Crippen molar-refractivity contribution in [3.8, 4) is 5.75 Å². The quantitative estimate of drug-likeness (QED) is 0.846. The minimum absolute atomic E-state index is 0.0294. The van der Waals surface area contributed by atoms with E-state index in [-0.39, 0.29) is 17.8 Å². The maximum absolute atomic E-state index is 12.2. The molecule has 104 valence electrons. The number of phenols is 1. The minimum Gasteiger partial charge on any atom is -0.508 e. The number of carbonyl (C=O) groups excluding carboxylic acids is 1. The van der Waals surface area contributed by atoms with E-state index in [1.807, 2.05) is 0 Å². The van der Waals surface area contributed by atoms with E-state index in [2.05, 4.69) is 5.32 Å². The largest absolute Gasteiger partial charge is 0.508 e. The number of nitrogens with zero attached hydrogens (tertiary/aromatic N) is 1. The van der Waals surface area contributed by atoms with E-state index in [0.29, 0.717) is 18.7 Å². The Morgan fingerprint density at radius 1 is 1.58 bits per heavy atom. The second kappa shape index (κ2) is 6.04. The van der Waals surface area contributed by atoms with Crippen LogP contribution in [0.15, 0.2) is 18.2 Å². The summed E-state index contributed by atoms with van der Waals surface area (Å²) >= 11 is 0. The van der Waals surface area contributed by atoms with Crippen LogP contribution in [0.5, 0.6) is 5.75 Å². The molecule has 1 heterocycles. The van der Waals surface area contributed by atoms with Gasteiger partial charge in [-0.1, -0.05) is 6.07 Å². The lowest BCUT2D eigenvalue weighted by atomic mass is 10.1. The summed E-state index contributed by atoms with van der Waals surface area (Å²) < 4.78 is 5.57. The summed E-state index contributed by atoms with van der Waals surface area (Å²) in [5, 5.41) is 12.9. The Morgan fingerprint density at radius 2 is 2.37 bits per heavy atom. The molecule has 1 amide bonds. The van der Waals surface area contributed by atoms with Crippen molar-refractivity contribution < 1.29 is 14.6 Å². The van der Waals surface area contributed by atoms with Gasteiger partial charge in [-0.25, -0.2) is 0 Å². The molecule has 1 unspecified atom stereocenters. The van der Waals surface area contributed by atoms with Crippen molar-refractivity contribution in [1.82, 2.24) is 10.2 Å². The van der Waals surface area contributed by atoms with Crippen molar-refractivity contribution in [3.63, 3.8) is 0 Å². The lowest BCUT2D eigenvalue weighted by molar-refractivity contribution is 0.0104. The Kier molecular flexibility index (Phi) is 4.39. The van der Waals surface area contributed by atoms with Gasteiger partial charge in [0.15, 0.2) is 0 Å². The average Bonchev–Trinajstić information content (AvgIpc) is 2.42. The fraction of sp³-hybridized carbons (Fsp3) is 0.500. The molecule has 0 bridgehead atoms. The normalized spacial score (nSPS) is 19.2. The van der Waals surface area contributed by atoms with Crippen LogP contribution in [0.4, 0.5) is 0 Å². The highest BCUT2D eigenvalue weighted by Gasteiger charge is 2.19. The molecule has 2 rings (SSSR count). The molecular weight excluding hydrogens is 244 g/mol. The van der Waals surface area contributed by atoms with E-state index < -0.39 is 0 Å². The van der Waals surface area contributed by atoms with Gasteiger partial charge in [0.2, 0.25) is 0 Å². The van der Waals surface area contributed by atoms with Crippen molar-refractivity contribution in [2.45, 2.75) is 13.0 Å². The van der Waals surface area contributed by atoms with Crippen LogP contribution in [-0.4, -0.2) is 55.3 Å². The summed E-state index contributed by atoms with van der Waals surface area (Å²) in [4.78, 5) is 13.8. The number of amides is 1. The first kappa shape index (κ1) is 13.8. The molecule has 1 aliphatic heterocycles. The van der Waals surface area contributed by atoms with Gasteiger partial charge in [0.25, 0.3) is 5.91 Å². The van der Waals surface area contributed by atoms with E-state index in [1.165, 1.54) is 6.07 Å². The number of carbonyl (C=O) groups is 1. The number of benzene rings is 1. The predicted octanol–water partition coefficient (Wildman–Crippen LogP) is 0.761. The highest BCUT2D eigenvalue weighted by Crippen LogP contribution is 2.18. The number of nitrogens with one attached hydrogen (secondary N) is 1. The smallest absolute Gasteiger partial charge is 0.253 e. The molecular formula is C14H20N2O3. The maximum atomic E-state index is 12.2. The van der Waals surface area contributed by atoms with Crippen molar-refractivity contribution in [2.75, 3.05) is 33.3 Å². The van der Waals surface area contributed by atoms with Gasteiger partial charge in [0, 0.05) is 32.2 Å². The highest BCUT2D eigenvalue weighted by atomic mass is 16.5. The zero-order chi connectivity index (χ0) is 13.8. The zero-order valence-corrected chi connectivity index (χ0v) is 11.3. The Labute approximate surface area is 113 Å². The Bertz CT molecular complexity index is 456. The number of rotatable bonds is 3. The topological polar surface area (TPSA) is 61.8 Å². The van der Waals surface area contributed by atoms with Crippen LogP contribution in [0.25, 0.3) is 0 Å². The highest BCUT2D eigenvalue weighted by molar-refractivity contribution is 5.94. The first-order valence-corrected chi connectivity index (χ1v) is 6.45. The zero-order valence-electron chi connectivity index (χ0n) is 11.3. The number of morpholine rings is 1. The lowest BCUT2D eigenvalue weighted by Crippen LogP contribution is -2.45. The van der Waals surface area contributed by atoms with Gasteiger partial charge in [0.05, 0.1) is 12.7 Å². The monoisotopic (exact) mass is 264 g/mol. The third-order valence-corrected chi connectivity index (χ3v) is 3.28. The fourth-order valence-corrected chi connectivity index (χ4v) is 2.09. The molecule has 1 aromatic rings. The fourth-order valence-electron chi connectivity index (χ4n) is 2.09. The number of aromatic hydroxyl groups is 1. The van der Waals surface area contributed by atoms with E-state index in [9.17, 15) is 9.90 Å². The predicted molar refractivity (Wildman–Crippen MR) is 72.4 cm³/mol. The first-order chi connectivity index (χ1) is 9.08. The number of hydrogen-bond acceptors (Lipinski definition) is 4. The number of likely N-dealkylation sites (N-methyl/N-ethyl adjacent to an activating group) is 1. The van der Waals surface area contributed by atoms with Crippen molar-refractivity contribution in [2.24, 2.45) is 0 Å². The van der Waals surface area contributed by atoms with Gasteiger partial charge in [-0.3, -0.25) is 4.79 Å². The summed E-state index contributed by atoms with van der Waals surface area (Å²) in [5.41, 5.74) is 1.26. The van der Waals surface area contributed by atoms with Crippen LogP contribution >= 0.6 is 0 Å². The number of aryl methyl sites for hydroxylation is 1. The van der Waals surface area contributed by atoms with Gasteiger partial charge in [-0.05, 0) is 24.6 Å². The average molecular weight is 264 g/mol. The molecule has 0 spiro atoms. The second-order valence-electron chi connectivity index (χ2n) is 4.88. The molecule has 19 heavy (non-hydrogen) atoms. The molecule has 5 nitrogen and oxygen atoms in total. The Hall–Kier alpha value is -1.59. The van der Waals surface area contributed by atoms with E-state index in [0.717, 1.165) is 18.7 Å². The van der Waals surface area contributed by atoms with Crippen LogP contribution in [-0.2, 0) is 4.74 Å². The molecule has 5 heteroatoms. The maximum Gasteiger partial charge on any atom is 0.253 e. The van der Waals surface area contributed by atoms with Crippen LogP contribution < -0.4 is 5.32 Å². The summed E-state index contributed by atoms with van der Waals surface area (Å²) in [7, 11) is 1.75. The molecule has 1 atom stereocenters. The molecule has 0 saturated carbocycles. The molecule has 0 aliphatic carbocycles. The van der Waals surface area contributed by atoms with Gasteiger partial charge < -0.3 is 20.1 Å². The number of hydrogen-bond donors (Lipinski definition) is 2. The third-order valence-electron chi connectivity index (χ3n) is 3.28. The second-order valence-corrected chi connectivity index (χ2v) is 4.88. The SMILES string of the molecule is Cc1ccc(C(=O)N(C)CC2CNCCO2)cc1O. The minimum atomic E-state index is -0.107. The van der Waals surface area contributed by atoms with Crippen molar-refractivity contribution >= 4 is 5.91 Å². The van der Waals surface area contributed by atoms with Crippen LogP contribution in [0.1, 0.15) is 15.9 Å². The van der Waals surface area contributed by atoms with Crippen LogP contribution in [0.2, 0.25) is 0 Å². The Balaban J connectivity index is 1.99. The molecule has 0 radical (unpaired) electrons. The van der Waals surface area contributed by atoms with Gasteiger partial charge in [-0.2, -0.15) is 0 Å². The van der Waals surface area contributed by atoms with Gasteiger partial charge in [-0.15, -0.1) is 0 Å². The Morgan fingerprint density at radius 3 is 3.00 bits per heavy atom. The summed E-state index contributed by atoms with van der Waals surface area (Å²) in [6.07, 6.45) is 0.0294. The third kappa shape index (κ3) is 3.45. The van der Waals surface area contributed by atoms with Crippen molar-refractivity contribution in [3.05, 3.63) is 29.3 Å². The number of ether oxygens (including phenoxy) is 1. The van der Waals surface area contributed by atoms with Crippen LogP contribution in [0, 0.1) is 6.92 Å². The molecule has 0 aromatic heterocycles. The molecule has 1 saturated heterocycles. The molecule has 1 fully saturated rings. The van der Waals surface area contributed by atoms with E-state index in [4.69, 9.17) is 4.74 Å². The van der Waals surface area contributed by atoms with E-state index >= 15 is 0 Å². The standard InChI is InChI=1S/C14H20N2O3/c1-10-3-4-11(7-13(10)17)14(18)16(2)9-12-8-15-5-6-19-12/h3-4,7,12,15,17H,5-6,8-9H2,1-2H3.